The van der Waals surface area contributed by atoms with Crippen molar-refractivity contribution >= 4 is 38.3 Å². The summed E-state index contributed by atoms with van der Waals surface area (Å²) in [5.41, 5.74) is 1.49. The fourth-order valence-electron chi connectivity index (χ4n) is 2.95. The van der Waals surface area contributed by atoms with Gasteiger partial charge >= 0.3 is 0 Å². The predicted molar refractivity (Wildman–Crippen MR) is 140 cm³/mol. The molecule has 2 aromatic carbocycles. The van der Waals surface area contributed by atoms with E-state index in [9.17, 15) is 18.5 Å². The molecule has 0 fully saturated rings. The molecule has 0 aliphatic carbocycles. The molecule has 37 heavy (non-hydrogen) atoms. The smallest absolute Gasteiger partial charge is 0.268 e. The highest BCUT2D eigenvalue weighted by molar-refractivity contribution is 7.93. The molecule has 1 N–H and O–H groups in total. The van der Waals surface area contributed by atoms with Gasteiger partial charge in [0, 0.05) is 6.42 Å². The minimum absolute atomic E-state index is 0.0224. The van der Waals surface area contributed by atoms with Crippen molar-refractivity contribution in [1.82, 2.24) is 10.2 Å². The number of aromatic nitrogens is 2. The Balaban J connectivity index is 1.59. The van der Waals surface area contributed by atoms with Crippen LogP contribution in [0, 0.1) is 18.3 Å². The molecule has 3 rings (SSSR count). The Kier molecular flexibility index (Phi) is 9.59. The molecule has 0 radical (unpaired) electrons. The van der Waals surface area contributed by atoms with E-state index >= 15 is 0 Å². The van der Waals surface area contributed by atoms with Gasteiger partial charge in [0.05, 0.1) is 26.1 Å². The Morgan fingerprint density at radius 2 is 1.84 bits per heavy atom. The van der Waals surface area contributed by atoms with Crippen LogP contribution in [0.25, 0.3) is 6.08 Å². The first-order valence-corrected chi connectivity index (χ1v) is 13.7. The van der Waals surface area contributed by atoms with E-state index in [-0.39, 0.29) is 20.8 Å². The number of anilines is 1. The molecule has 10 nitrogen and oxygen atoms in total. The maximum absolute atomic E-state index is 12.5. The minimum Gasteiger partial charge on any atom is -0.493 e. The Morgan fingerprint density at radius 1 is 1.11 bits per heavy atom. The van der Waals surface area contributed by atoms with Crippen molar-refractivity contribution in [3.05, 3.63) is 59.2 Å². The van der Waals surface area contributed by atoms with Crippen LogP contribution in [0.1, 0.15) is 24.5 Å². The quantitative estimate of drug-likeness (QED) is 0.155. The highest BCUT2D eigenvalue weighted by atomic mass is 32.2. The topological polar surface area (TPSA) is 140 Å². The average molecular weight is 543 g/mol. The lowest BCUT2D eigenvalue weighted by Gasteiger charge is -2.12. The SMILES string of the molecule is CCS(=O)(=O)c1nnc(NC(=O)C(C#N)=Cc2ccc(OCCCOc3ccc(C)cc3)c(OC)c2)s1. The third-order valence-corrected chi connectivity index (χ3v) is 7.99. The van der Waals surface area contributed by atoms with E-state index in [2.05, 4.69) is 15.5 Å². The lowest BCUT2D eigenvalue weighted by Crippen LogP contribution is -2.13. The van der Waals surface area contributed by atoms with Gasteiger partial charge in [-0.25, -0.2) is 8.42 Å². The maximum Gasteiger partial charge on any atom is 0.268 e. The van der Waals surface area contributed by atoms with Crippen LogP contribution >= 0.6 is 11.3 Å². The van der Waals surface area contributed by atoms with Crippen molar-refractivity contribution < 1.29 is 27.4 Å². The van der Waals surface area contributed by atoms with Crippen LogP contribution in [0.2, 0.25) is 0 Å². The number of carbonyl (C=O) groups is 1. The molecular formula is C25H26N4O6S2. The van der Waals surface area contributed by atoms with Gasteiger partial charge in [-0.1, -0.05) is 42.0 Å². The van der Waals surface area contributed by atoms with Crippen LogP contribution in [0.3, 0.4) is 0 Å². The van der Waals surface area contributed by atoms with E-state index in [0.717, 1.165) is 17.1 Å². The first-order valence-electron chi connectivity index (χ1n) is 11.3. The number of ether oxygens (including phenoxy) is 3. The second kappa shape index (κ2) is 12.8. The van der Waals surface area contributed by atoms with Gasteiger partial charge in [0.15, 0.2) is 11.5 Å². The number of methoxy groups -OCH3 is 1. The number of benzene rings is 2. The summed E-state index contributed by atoms with van der Waals surface area (Å²) < 4.78 is 40.5. The normalized spacial score (nSPS) is 11.5. The molecule has 0 saturated carbocycles. The molecule has 12 heteroatoms. The molecule has 0 aliphatic rings. The predicted octanol–water partition coefficient (Wildman–Crippen LogP) is 4.04. The molecule has 1 aromatic heterocycles. The zero-order valence-corrected chi connectivity index (χ0v) is 22.2. The van der Waals surface area contributed by atoms with Crippen LogP contribution in [-0.4, -0.2) is 50.6 Å². The zero-order chi connectivity index (χ0) is 26.8. The second-order valence-corrected chi connectivity index (χ2v) is 11.1. The lowest BCUT2D eigenvalue weighted by molar-refractivity contribution is -0.112. The van der Waals surface area contributed by atoms with Gasteiger partial charge in [-0.3, -0.25) is 10.1 Å². The average Bonchev–Trinajstić information content (AvgIpc) is 3.38. The van der Waals surface area contributed by atoms with E-state index in [4.69, 9.17) is 14.2 Å². The van der Waals surface area contributed by atoms with E-state index in [1.54, 1.807) is 18.2 Å². The largest absolute Gasteiger partial charge is 0.493 e. The number of nitrogens with one attached hydrogen (secondary N) is 1. The highest BCUT2D eigenvalue weighted by Crippen LogP contribution is 2.29. The van der Waals surface area contributed by atoms with Gasteiger partial charge in [-0.15, -0.1) is 10.2 Å². The number of nitriles is 1. The summed E-state index contributed by atoms with van der Waals surface area (Å²) in [6.45, 7) is 4.40. The van der Waals surface area contributed by atoms with E-state index < -0.39 is 15.7 Å². The van der Waals surface area contributed by atoms with E-state index in [0.29, 0.717) is 36.7 Å². The second-order valence-electron chi connectivity index (χ2n) is 7.67. The van der Waals surface area contributed by atoms with Crippen molar-refractivity contribution in [3.8, 4) is 23.3 Å². The summed E-state index contributed by atoms with van der Waals surface area (Å²) in [5, 5.41) is 19.1. The number of carbonyl (C=O) groups excluding carboxylic acids is 1. The van der Waals surface area contributed by atoms with Gasteiger partial charge in [0.25, 0.3) is 5.91 Å². The van der Waals surface area contributed by atoms with Crippen molar-refractivity contribution in [1.29, 1.82) is 5.26 Å². The molecule has 0 unspecified atom stereocenters. The summed E-state index contributed by atoms with van der Waals surface area (Å²) in [5.74, 6) is 0.865. The number of rotatable bonds is 12. The van der Waals surface area contributed by atoms with Crippen molar-refractivity contribution in [2.45, 2.75) is 24.6 Å². The highest BCUT2D eigenvalue weighted by Gasteiger charge is 2.20. The number of aryl methyl sites for hydroxylation is 1. The fraction of sp³-hybridized carbons (Fsp3) is 0.280. The summed E-state index contributed by atoms with van der Waals surface area (Å²) in [6.07, 6.45) is 2.03. The van der Waals surface area contributed by atoms with Crippen LogP contribution in [0.15, 0.2) is 52.4 Å². The van der Waals surface area contributed by atoms with Gasteiger partial charge in [-0.05, 0) is 42.8 Å². The zero-order valence-electron chi connectivity index (χ0n) is 20.6. The van der Waals surface area contributed by atoms with Crippen molar-refractivity contribution in [2.75, 3.05) is 31.4 Å². The third-order valence-electron chi connectivity index (χ3n) is 4.97. The molecule has 0 bridgehead atoms. The number of sulfone groups is 1. The van der Waals surface area contributed by atoms with Crippen molar-refractivity contribution in [2.24, 2.45) is 0 Å². The number of hydrogen-bond donors (Lipinski definition) is 1. The Hall–Kier alpha value is -3.95. The first-order chi connectivity index (χ1) is 17.7. The van der Waals surface area contributed by atoms with Crippen LogP contribution < -0.4 is 19.5 Å². The standard InChI is InChI=1S/C25H26N4O6S2/c1-4-37(31,32)25-29-28-24(36-25)27-23(30)19(16-26)14-18-8-11-21(22(15-18)33-3)35-13-5-12-34-20-9-6-17(2)7-10-20/h6-11,14-15H,4-5,12-13H2,1-3H3,(H,27,28,30). The molecular weight excluding hydrogens is 516 g/mol. The Morgan fingerprint density at radius 3 is 2.51 bits per heavy atom. The maximum atomic E-state index is 12.5. The van der Waals surface area contributed by atoms with Gasteiger partial charge in [0.1, 0.15) is 17.4 Å². The Bertz CT molecular complexity index is 1410. The van der Waals surface area contributed by atoms with E-state index in [1.807, 2.05) is 37.3 Å². The summed E-state index contributed by atoms with van der Waals surface area (Å²) in [7, 11) is -2.05. The van der Waals surface area contributed by atoms with E-state index in [1.165, 1.54) is 25.7 Å². The van der Waals surface area contributed by atoms with Crippen LogP contribution in [0.5, 0.6) is 17.2 Å². The molecule has 1 heterocycles. The third kappa shape index (κ3) is 7.77. The molecule has 194 valence electrons. The molecule has 0 saturated heterocycles. The summed E-state index contributed by atoms with van der Waals surface area (Å²) in [4.78, 5) is 12.5. The van der Waals surface area contributed by atoms with Gasteiger partial charge < -0.3 is 14.2 Å². The molecule has 1 amide bonds. The number of hydrogen-bond acceptors (Lipinski definition) is 10. The van der Waals surface area contributed by atoms with Gasteiger partial charge in [-0.2, -0.15) is 5.26 Å². The summed E-state index contributed by atoms with van der Waals surface area (Å²) >= 11 is 0.721. The fourth-order valence-corrected chi connectivity index (χ4v) is 4.93. The van der Waals surface area contributed by atoms with Crippen LogP contribution in [0.4, 0.5) is 5.13 Å². The lowest BCUT2D eigenvalue weighted by atomic mass is 10.1. The van der Waals surface area contributed by atoms with Gasteiger partial charge in [0.2, 0.25) is 19.3 Å². The summed E-state index contributed by atoms with van der Waals surface area (Å²) in [6, 6.07) is 14.7. The van der Waals surface area contributed by atoms with Crippen molar-refractivity contribution in [3.63, 3.8) is 0 Å². The van der Waals surface area contributed by atoms with Crippen LogP contribution in [-0.2, 0) is 14.6 Å². The molecule has 0 spiro atoms. The number of nitrogens with zero attached hydrogens (tertiary/aromatic N) is 3. The molecule has 0 atom stereocenters. The Labute approximate surface area is 219 Å². The molecule has 0 aliphatic heterocycles. The first kappa shape index (κ1) is 27.6. The molecule has 3 aromatic rings. The monoisotopic (exact) mass is 542 g/mol. The minimum atomic E-state index is -3.54. The number of amides is 1.